The van der Waals surface area contributed by atoms with Crippen molar-refractivity contribution in [1.29, 1.82) is 0 Å². The first-order valence-electron chi connectivity index (χ1n) is 9.27. The van der Waals surface area contributed by atoms with Gasteiger partial charge in [0.1, 0.15) is 6.04 Å². The molecule has 0 aliphatic rings. The third-order valence-electron chi connectivity index (χ3n) is 4.32. The first-order valence-corrected chi connectivity index (χ1v) is 10.4. The second kappa shape index (κ2) is 9.84. The van der Waals surface area contributed by atoms with Gasteiger partial charge in [-0.2, -0.15) is 0 Å². The van der Waals surface area contributed by atoms with Crippen LogP contribution in [0.4, 0.5) is 0 Å². The van der Waals surface area contributed by atoms with Crippen LogP contribution in [0.3, 0.4) is 0 Å². The summed E-state index contributed by atoms with van der Waals surface area (Å²) in [7, 11) is 0. The Morgan fingerprint density at radius 1 is 1.00 bits per heavy atom. The lowest BCUT2D eigenvalue weighted by Crippen LogP contribution is -2.52. The van der Waals surface area contributed by atoms with Crippen LogP contribution in [0.2, 0.25) is 15.1 Å². The van der Waals surface area contributed by atoms with Gasteiger partial charge in [-0.1, -0.05) is 59.1 Å². The molecule has 0 aliphatic heterocycles. The van der Waals surface area contributed by atoms with Crippen LogP contribution < -0.4 is 5.32 Å². The van der Waals surface area contributed by atoms with E-state index in [-0.39, 0.29) is 24.8 Å². The Morgan fingerprint density at radius 3 is 2.24 bits per heavy atom. The fourth-order valence-electron chi connectivity index (χ4n) is 2.80. The Bertz CT molecular complexity index is 894. The minimum atomic E-state index is -0.691. The summed E-state index contributed by atoms with van der Waals surface area (Å²) in [6.07, 6.45) is 0.0492. The third-order valence-corrected chi connectivity index (χ3v) is 5.28. The molecule has 2 aromatic carbocycles. The van der Waals surface area contributed by atoms with Crippen LogP contribution in [0, 0.1) is 0 Å². The highest BCUT2D eigenvalue weighted by Crippen LogP contribution is 2.24. The number of halogens is 3. The quantitative estimate of drug-likeness (QED) is 0.623. The Labute approximate surface area is 187 Å². The molecule has 2 amide bonds. The molecule has 7 heteroatoms. The van der Waals surface area contributed by atoms with Gasteiger partial charge in [-0.05, 0) is 57.0 Å². The van der Waals surface area contributed by atoms with Crippen LogP contribution in [0.1, 0.15) is 38.8 Å². The fourth-order valence-corrected chi connectivity index (χ4v) is 3.47. The molecule has 1 N–H and O–H groups in total. The average molecular weight is 456 g/mol. The van der Waals surface area contributed by atoms with Crippen molar-refractivity contribution in [2.75, 3.05) is 0 Å². The van der Waals surface area contributed by atoms with E-state index in [9.17, 15) is 9.59 Å². The van der Waals surface area contributed by atoms with Crippen molar-refractivity contribution in [3.63, 3.8) is 0 Å². The van der Waals surface area contributed by atoms with E-state index in [0.717, 1.165) is 5.56 Å². The predicted molar refractivity (Wildman–Crippen MR) is 120 cm³/mol. The maximum Gasteiger partial charge on any atom is 0.242 e. The second-order valence-corrected chi connectivity index (χ2v) is 9.19. The maximum atomic E-state index is 13.2. The van der Waals surface area contributed by atoms with Gasteiger partial charge in [-0.3, -0.25) is 9.59 Å². The van der Waals surface area contributed by atoms with E-state index in [4.69, 9.17) is 34.8 Å². The van der Waals surface area contributed by atoms with Gasteiger partial charge in [0.2, 0.25) is 11.8 Å². The Morgan fingerprint density at radius 2 is 1.66 bits per heavy atom. The van der Waals surface area contributed by atoms with Gasteiger partial charge in [-0.25, -0.2) is 0 Å². The average Bonchev–Trinajstić information content (AvgIpc) is 2.61. The number of hydrogen-bond acceptors (Lipinski definition) is 2. The predicted octanol–water partition coefficient (Wildman–Crippen LogP) is 5.52. The minimum Gasteiger partial charge on any atom is -0.350 e. The lowest BCUT2D eigenvalue weighted by Gasteiger charge is -2.32. The maximum absolute atomic E-state index is 13.2. The van der Waals surface area contributed by atoms with Crippen LogP contribution in [-0.4, -0.2) is 28.3 Å². The molecule has 0 aliphatic carbocycles. The zero-order valence-corrected chi connectivity index (χ0v) is 19.2. The van der Waals surface area contributed by atoms with Crippen LogP contribution >= 0.6 is 34.8 Å². The van der Waals surface area contributed by atoms with Crippen molar-refractivity contribution >= 4 is 46.6 Å². The van der Waals surface area contributed by atoms with Gasteiger partial charge in [0, 0.05) is 27.2 Å². The van der Waals surface area contributed by atoms with Crippen molar-refractivity contribution in [1.82, 2.24) is 10.2 Å². The van der Waals surface area contributed by atoms with E-state index in [2.05, 4.69) is 5.32 Å². The number of amides is 2. The number of carbonyl (C=O) groups excluding carboxylic acids is 2. The Hall–Kier alpha value is -1.75. The van der Waals surface area contributed by atoms with E-state index < -0.39 is 11.6 Å². The summed E-state index contributed by atoms with van der Waals surface area (Å²) in [6, 6.07) is 11.6. The van der Waals surface area contributed by atoms with Crippen LogP contribution in [0.5, 0.6) is 0 Å². The van der Waals surface area contributed by atoms with Crippen LogP contribution in [-0.2, 0) is 22.6 Å². The van der Waals surface area contributed by atoms with Gasteiger partial charge >= 0.3 is 0 Å². The molecule has 0 aromatic heterocycles. The molecule has 0 spiro atoms. The number of hydrogen-bond donors (Lipinski definition) is 1. The van der Waals surface area contributed by atoms with E-state index in [1.54, 1.807) is 31.2 Å². The Balaban J connectivity index is 2.31. The van der Waals surface area contributed by atoms with E-state index in [1.807, 2.05) is 39.0 Å². The number of benzene rings is 2. The number of nitrogens with zero attached hydrogens (tertiary/aromatic N) is 1. The topological polar surface area (TPSA) is 49.4 Å². The summed E-state index contributed by atoms with van der Waals surface area (Å²) in [4.78, 5) is 27.5. The van der Waals surface area contributed by atoms with Crippen molar-refractivity contribution in [3.05, 3.63) is 68.7 Å². The summed E-state index contributed by atoms with van der Waals surface area (Å²) < 4.78 is 0. The van der Waals surface area contributed by atoms with Crippen molar-refractivity contribution in [3.8, 4) is 0 Å². The first-order chi connectivity index (χ1) is 13.5. The molecular weight excluding hydrogens is 431 g/mol. The molecule has 0 heterocycles. The second-order valence-electron chi connectivity index (χ2n) is 7.94. The van der Waals surface area contributed by atoms with Gasteiger partial charge in [0.25, 0.3) is 0 Å². The van der Waals surface area contributed by atoms with Crippen LogP contribution in [0.25, 0.3) is 0 Å². The van der Waals surface area contributed by atoms with Gasteiger partial charge in [0.05, 0.1) is 6.42 Å². The molecule has 156 valence electrons. The van der Waals surface area contributed by atoms with Gasteiger partial charge in [-0.15, -0.1) is 0 Å². The molecule has 0 saturated heterocycles. The fraction of sp³-hybridized carbons (Fsp3) is 0.364. The number of rotatable bonds is 6. The molecule has 2 aromatic rings. The minimum absolute atomic E-state index is 0.0492. The zero-order chi connectivity index (χ0) is 21.8. The summed E-state index contributed by atoms with van der Waals surface area (Å²) in [5.41, 5.74) is 0.998. The van der Waals surface area contributed by atoms with Gasteiger partial charge in [0.15, 0.2) is 0 Å². The summed E-state index contributed by atoms with van der Waals surface area (Å²) in [6.45, 7) is 7.60. The normalized spacial score (nSPS) is 12.4. The summed E-state index contributed by atoms with van der Waals surface area (Å²) in [5.74, 6) is -0.467. The van der Waals surface area contributed by atoms with Gasteiger partial charge < -0.3 is 10.2 Å². The molecule has 0 unspecified atom stereocenters. The molecule has 0 radical (unpaired) electrons. The summed E-state index contributed by atoms with van der Waals surface area (Å²) >= 11 is 18.5. The molecular formula is C22H25Cl3N2O2. The van der Waals surface area contributed by atoms with E-state index >= 15 is 0 Å². The number of nitrogens with one attached hydrogen (secondary N) is 1. The van der Waals surface area contributed by atoms with E-state index in [0.29, 0.717) is 20.6 Å². The molecule has 0 saturated carbocycles. The van der Waals surface area contributed by atoms with Crippen molar-refractivity contribution < 1.29 is 9.59 Å². The third kappa shape index (κ3) is 6.91. The van der Waals surface area contributed by atoms with Crippen molar-refractivity contribution in [2.45, 2.75) is 52.2 Å². The monoisotopic (exact) mass is 454 g/mol. The highest BCUT2D eigenvalue weighted by molar-refractivity contribution is 6.35. The van der Waals surface area contributed by atoms with E-state index in [1.165, 1.54) is 4.90 Å². The molecule has 29 heavy (non-hydrogen) atoms. The largest absolute Gasteiger partial charge is 0.350 e. The first kappa shape index (κ1) is 23.5. The smallest absolute Gasteiger partial charge is 0.242 e. The Kier molecular flexibility index (Phi) is 7.98. The molecule has 2 rings (SSSR count). The lowest BCUT2D eigenvalue weighted by atomic mass is 10.1. The SMILES string of the molecule is C[C@H](C(=O)NC(C)(C)C)N(Cc1ccccc1Cl)C(=O)Cc1ccc(Cl)cc1Cl. The lowest BCUT2D eigenvalue weighted by molar-refractivity contribution is -0.140. The molecule has 1 atom stereocenters. The zero-order valence-electron chi connectivity index (χ0n) is 16.9. The molecule has 4 nitrogen and oxygen atoms in total. The molecule has 0 fully saturated rings. The van der Waals surface area contributed by atoms with Crippen LogP contribution in [0.15, 0.2) is 42.5 Å². The molecule has 0 bridgehead atoms. The standard InChI is InChI=1S/C22H25Cl3N2O2/c1-14(21(29)26-22(2,3)4)27(13-16-7-5-6-8-18(16)24)20(28)11-15-9-10-17(23)12-19(15)25/h5-10,12,14H,11,13H2,1-4H3,(H,26,29)/t14-/m1/s1. The highest BCUT2D eigenvalue weighted by Gasteiger charge is 2.29. The van der Waals surface area contributed by atoms with Crippen molar-refractivity contribution in [2.24, 2.45) is 0 Å². The number of carbonyl (C=O) groups is 2. The highest BCUT2D eigenvalue weighted by atomic mass is 35.5. The summed E-state index contributed by atoms with van der Waals surface area (Å²) in [5, 5.41) is 4.38.